The molecule has 0 N–H and O–H groups in total. The second-order valence-electron chi connectivity index (χ2n) is 4.69. The standard InChI is InChI=1S/C17H14N2O2/c1-2-17-19-15-7-6-14(9-16(15)21-17)20-11-13-5-3-4-12(8-13)10-18/h3-9H,2,11H2,1H3. The summed E-state index contributed by atoms with van der Waals surface area (Å²) in [5.74, 6) is 1.45. The third kappa shape index (κ3) is 2.87. The Morgan fingerprint density at radius 3 is 2.95 bits per heavy atom. The van der Waals surface area contributed by atoms with Crippen LogP contribution in [-0.4, -0.2) is 4.98 Å². The van der Waals surface area contributed by atoms with Crippen molar-refractivity contribution in [2.24, 2.45) is 0 Å². The quantitative estimate of drug-likeness (QED) is 0.727. The van der Waals surface area contributed by atoms with Crippen molar-refractivity contribution in [3.8, 4) is 11.8 Å². The van der Waals surface area contributed by atoms with E-state index in [4.69, 9.17) is 14.4 Å². The van der Waals surface area contributed by atoms with Crippen LogP contribution in [0.15, 0.2) is 46.9 Å². The maximum Gasteiger partial charge on any atom is 0.195 e. The highest BCUT2D eigenvalue weighted by atomic mass is 16.5. The number of hydrogen-bond acceptors (Lipinski definition) is 4. The van der Waals surface area contributed by atoms with E-state index in [0.29, 0.717) is 12.2 Å². The van der Waals surface area contributed by atoms with Crippen LogP contribution in [0.25, 0.3) is 11.1 Å². The average Bonchev–Trinajstić information content (AvgIpc) is 2.95. The molecule has 0 radical (unpaired) electrons. The van der Waals surface area contributed by atoms with E-state index in [0.717, 1.165) is 34.7 Å². The monoisotopic (exact) mass is 278 g/mol. The molecule has 1 aromatic heterocycles. The van der Waals surface area contributed by atoms with E-state index >= 15 is 0 Å². The molecule has 0 atom stereocenters. The summed E-state index contributed by atoms with van der Waals surface area (Å²) in [7, 11) is 0. The van der Waals surface area contributed by atoms with E-state index in [2.05, 4.69) is 11.1 Å². The summed E-state index contributed by atoms with van der Waals surface area (Å²) in [6, 6.07) is 15.1. The van der Waals surface area contributed by atoms with Crippen molar-refractivity contribution >= 4 is 11.1 Å². The van der Waals surface area contributed by atoms with Gasteiger partial charge < -0.3 is 9.15 Å². The van der Waals surface area contributed by atoms with Crippen molar-refractivity contribution in [3.63, 3.8) is 0 Å². The number of aromatic nitrogens is 1. The summed E-state index contributed by atoms with van der Waals surface area (Å²) in [4.78, 5) is 4.36. The van der Waals surface area contributed by atoms with Crippen LogP contribution < -0.4 is 4.74 Å². The molecule has 0 unspecified atom stereocenters. The summed E-state index contributed by atoms with van der Waals surface area (Å²) in [6.07, 6.45) is 0.770. The van der Waals surface area contributed by atoms with Crippen LogP contribution in [0.3, 0.4) is 0 Å². The number of nitrogens with zero attached hydrogens (tertiary/aromatic N) is 2. The van der Waals surface area contributed by atoms with Gasteiger partial charge in [-0.3, -0.25) is 0 Å². The Morgan fingerprint density at radius 2 is 2.14 bits per heavy atom. The van der Waals surface area contributed by atoms with Crippen LogP contribution in [0.4, 0.5) is 0 Å². The van der Waals surface area contributed by atoms with Crippen molar-refractivity contribution < 1.29 is 9.15 Å². The highest BCUT2D eigenvalue weighted by Crippen LogP contribution is 2.22. The second-order valence-corrected chi connectivity index (χ2v) is 4.69. The van der Waals surface area contributed by atoms with Gasteiger partial charge in [0.15, 0.2) is 11.5 Å². The van der Waals surface area contributed by atoms with Crippen molar-refractivity contribution in [2.45, 2.75) is 20.0 Å². The SMILES string of the molecule is CCc1nc2ccc(OCc3cccc(C#N)c3)cc2o1. The van der Waals surface area contributed by atoms with Gasteiger partial charge in [0, 0.05) is 12.5 Å². The molecule has 0 saturated heterocycles. The molecule has 4 nitrogen and oxygen atoms in total. The summed E-state index contributed by atoms with van der Waals surface area (Å²) in [5, 5.41) is 8.88. The second kappa shape index (κ2) is 5.68. The Bertz CT molecular complexity index is 815. The maximum atomic E-state index is 8.88. The van der Waals surface area contributed by atoms with Gasteiger partial charge in [0.1, 0.15) is 17.9 Å². The topological polar surface area (TPSA) is 59.0 Å². The summed E-state index contributed by atoms with van der Waals surface area (Å²) >= 11 is 0. The van der Waals surface area contributed by atoms with Crippen molar-refractivity contribution in [2.75, 3.05) is 0 Å². The minimum Gasteiger partial charge on any atom is -0.489 e. The lowest BCUT2D eigenvalue weighted by molar-refractivity contribution is 0.306. The average molecular weight is 278 g/mol. The lowest BCUT2D eigenvalue weighted by Gasteiger charge is -2.06. The Morgan fingerprint density at radius 1 is 1.24 bits per heavy atom. The van der Waals surface area contributed by atoms with E-state index in [1.54, 1.807) is 6.07 Å². The van der Waals surface area contributed by atoms with Crippen LogP contribution in [0.2, 0.25) is 0 Å². The minimum atomic E-state index is 0.412. The Hall–Kier alpha value is -2.80. The molecular formula is C17H14N2O2. The third-order valence-corrected chi connectivity index (χ3v) is 3.17. The molecule has 3 rings (SSSR count). The van der Waals surface area contributed by atoms with E-state index < -0.39 is 0 Å². The van der Waals surface area contributed by atoms with Gasteiger partial charge >= 0.3 is 0 Å². The largest absolute Gasteiger partial charge is 0.489 e. The lowest BCUT2D eigenvalue weighted by Crippen LogP contribution is -1.95. The van der Waals surface area contributed by atoms with Gasteiger partial charge in [0.25, 0.3) is 0 Å². The predicted octanol–water partition coefficient (Wildman–Crippen LogP) is 3.84. The number of ether oxygens (including phenoxy) is 1. The van der Waals surface area contributed by atoms with Gasteiger partial charge in [-0.15, -0.1) is 0 Å². The number of fused-ring (bicyclic) bond motifs is 1. The van der Waals surface area contributed by atoms with Gasteiger partial charge in [-0.05, 0) is 29.8 Å². The smallest absolute Gasteiger partial charge is 0.195 e. The molecule has 0 aliphatic rings. The first kappa shape index (κ1) is 13.2. The zero-order chi connectivity index (χ0) is 14.7. The molecule has 0 aliphatic carbocycles. The zero-order valence-electron chi connectivity index (χ0n) is 11.7. The molecule has 4 heteroatoms. The maximum absolute atomic E-state index is 8.88. The van der Waals surface area contributed by atoms with Crippen LogP contribution in [0.5, 0.6) is 5.75 Å². The fourth-order valence-corrected chi connectivity index (χ4v) is 2.09. The van der Waals surface area contributed by atoms with Crippen LogP contribution in [0, 0.1) is 11.3 Å². The first-order valence-corrected chi connectivity index (χ1v) is 6.80. The normalized spacial score (nSPS) is 10.5. The number of rotatable bonds is 4. The molecule has 21 heavy (non-hydrogen) atoms. The van der Waals surface area contributed by atoms with Crippen molar-refractivity contribution in [1.29, 1.82) is 5.26 Å². The first-order chi connectivity index (χ1) is 10.3. The molecule has 0 bridgehead atoms. The number of oxazole rings is 1. The summed E-state index contributed by atoms with van der Waals surface area (Å²) in [6.45, 7) is 2.42. The molecule has 104 valence electrons. The summed E-state index contributed by atoms with van der Waals surface area (Å²) < 4.78 is 11.4. The van der Waals surface area contributed by atoms with E-state index in [1.807, 2.05) is 43.3 Å². The zero-order valence-corrected chi connectivity index (χ0v) is 11.7. The van der Waals surface area contributed by atoms with Crippen LogP contribution in [0.1, 0.15) is 23.9 Å². The van der Waals surface area contributed by atoms with E-state index in [1.165, 1.54) is 0 Å². The molecular weight excluding hydrogens is 264 g/mol. The molecule has 0 fully saturated rings. The highest BCUT2D eigenvalue weighted by Gasteiger charge is 2.06. The number of nitriles is 1. The molecule has 0 amide bonds. The first-order valence-electron chi connectivity index (χ1n) is 6.80. The Kier molecular flexibility index (Phi) is 3.57. The number of hydrogen-bond donors (Lipinski definition) is 0. The van der Waals surface area contributed by atoms with Crippen LogP contribution in [-0.2, 0) is 13.0 Å². The minimum absolute atomic E-state index is 0.412. The van der Waals surface area contributed by atoms with E-state index in [-0.39, 0.29) is 0 Å². The van der Waals surface area contributed by atoms with Gasteiger partial charge in [-0.1, -0.05) is 19.1 Å². The summed E-state index contributed by atoms with van der Waals surface area (Å²) in [5.41, 5.74) is 3.16. The number of benzene rings is 2. The Labute approximate surface area is 122 Å². The van der Waals surface area contributed by atoms with Gasteiger partial charge in [-0.2, -0.15) is 5.26 Å². The molecule has 0 saturated carbocycles. The predicted molar refractivity (Wildman–Crippen MR) is 78.9 cm³/mol. The molecule has 2 aromatic carbocycles. The fourth-order valence-electron chi connectivity index (χ4n) is 2.09. The van der Waals surface area contributed by atoms with Gasteiger partial charge in [0.05, 0.1) is 11.6 Å². The molecule has 0 spiro atoms. The highest BCUT2D eigenvalue weighted by molar-refractivity contribution is 5.74. The van der Waals surface area contributed by atoms with Crippen molar-refractivity contribution in [1.82, 2.24) is 4.98 Å². The van der Waals surface area contributed by atoms with Crippen LogP contribution >= 0.6 is 0 Å². The van der Waals surface area contributed by atoms with E-state index in [9.17, 15) is 0 Å². The van der Waals surface area contributed by atoms with Gasteiger partial charge in [0.2, 0.25) is 0 Å². The third-order valence-electron chi connectivity index (χ3n) is 3.17. The molecule has 1 heterocycles. The fraction of sp³-hybridized carbons (Fsp3) is 0.176. The Balaban J connectivity index is 1.76. The molecule has 0 aliphatic heterocycles. The lowest BCUT2D eigenvalue weighted by atomic mass is 10.1. The van der Waals surface area contributed by atoms with Crippen molar-refractivity contribution in [3.05, 3.63) is 59.5 Å². The number of aryl methyl sites for hydroxylation is 1. The molecule has 3 aromatic rings. The van der Waals surface area contributed by atoms with Gasteiger partial charge in [-0.25, -0.2) is 4.98 Å².